The maximum atomic E-state index is 12.4. The van der Waals surface area contributed by atoms with Gasteiger partial charge < -0.3 is 9.84 Å². The number of hydrogen-bond acceptors (Lipinski definition) is 7. The molecule has 36 heavy (non-hydrogen) atoms. The number of ether oxygens (including phenoxy) is 1. The van der Waals surface area contributed by atoms with Gasteiger partial charge in [-0.1, -0.05) is 20.8 Å². The molecule has 1 aliphatic carbocycles. The molecule has 188 valence electrons. The molecular formula is C28H32N4O4. The van der Waals surface area contributed by atoms with Crippen LogP contribution in [0.25, 0.3) is 10.8 Å². The molecule has 0 bridgehead atoms. The van der Waals surface area contributed by atoms with Crippen LogP contribution in [0.5, 0.6) is 11.6 Å². The first-order valence-electron chi connectivity index (χ1n) is 12.4. The zero-order valence-electron chi connectivity index (χ0n) is 21.1. The number of pyridine rings is 3. The average molecular weight is 489 g/mol. The summed E-state index contributed by atoms with van der Waals surface area (Å²) in [6.45, 7) is 7.95. The number of aromatic nitrogens is 3. The monoisotopic (exact) mass is 488 g/mol. The van der Waals surface area contributed by atoms with Gasteiger partial charge in [0, 0.05) is 41.8 Å². The number of carbonyl (C=O) groups excluding carboxylic acids is 1. The van der Waals surface area contributed by atoms with Crippen LogP contribution in [0, 0.1) is 18.8 Å². The first-order valence-corrected chi connectivity index (χ1v) is 12.4. The summed E-state index contributed by atoms with van der Waals surface area (Å²) in [6, 6.07) is 6.42. The van der Waals surface area contributed by atoms with E-state index in [0.717, 1.165) is 16.5 Å². The fraction of sp³-hybridized carbons (Fsp3) is 0.429. The fourth-order valence-electron chi connectivity index (χ4n) is 4.82. The molecular weight excluding hydrogens is 456 g/mol. The summed E-state index contributed by atoms with van der Waals surface area (Å²) in [5, 5.41) is 11.8. The Hall–Kier alpha value is -3.68. The zero-order valence-corrected chi connectivity index (χ0v) is 21.1. The number of nitrogens with zero attached hydrogens (tertiary/aromatic N) is 4. The lowest BCUT2D eigenvalue weighted by atomic mass is 9.91. The number of Topliss-reactive ketones (excluding diaryl/α,β-unsaturated/α-hetero) is 1. The van der Waals surface area contributed by atoms with E-state index in [1.54, 1.807) is 30.7 Å². The van der Waals surface area contributed by atoms with Gasteiger partial charge in [0.15, 0.2) is 6.04 Å². The van der Waals surface area contributed by atoms with Crippen molar-refractivity contribution in [3.63, 3.8) is 0 Å². The van der Waals surface area contributed by atoms with Crippen molar-refractivity contribution >= 4 is 28.2 Å². The lowest BCUT2D eigenvalue weighted by molar-refractivity contribution is -0.139. The largest absolute Gasteiger partial charge is 0.480 e. The van der Waals surface area contributed by atoms with Crippen molar-refractivity contribution < 1.29 is 19.4 Å². The van der Waals surface area contributed by atoms with E-state index in [9.17, 15) is 14.7 Å². The van der Waals surface area contributed by atoms with Crippen molar-refractivity contribution in [2.24, 2.45) is 16.8 Å². The lowest BCUT2D eigenvalue weighted by Crippen LogP contribution is -2.29. The summed E-state index contributed by atoms with van der Waals surface area (Å²) < 4.78 is 6.02. The van der Waals surface area contributed by atoms with Crippen LogP contribution in [0.15, 0.2) is 47.8 Å². The minimum Gasteiger partial charge on any atom is -0.480 e. The number of aliphatic imine (C=N–C) groups is 1. The summed E-state index contributed by atoms with van der Waals surface area (Å²) >= 11 is 0. The molecule has 0 aromatic carbocycles. The number of carboxylic acid groups (broad SMARTS) is 1. The van der Waals surface area contributed by atoms with Crippen LogP contribution in [-0.4, -0.2) is 43.6 Å². The van der Waals surface area contributed by atoms with Crippen LogP contribution in [0.1, 0.15) is 63.8 Å². The molecule has 0 aliphatic heterocycles. The molecule has 0 radical (unpaired) electrons. The second-order valence-corrected chi connectivity index (χ2v) is 9.75. The molecule has 0 amide bonds. The number of carboxylic acids is 1. The number of rotatable bonds is 9. The number of hydrogen-bond donors (Lipinski definition) is 1. The molecule has 3 aromatic rings. The maximum Gasteiger partial charge on any atom is 0.329 e. The van der Waals surface area contributed by atoms with Gasteiger partial charge in [0.1, 0.15) is 11.5 Å². The number of aliphatic carboxylic acids is 1. The normalized spacial score (nSPS) is 18.6. The molecule has 1 fully saturated rings. The standard InChI is InChI=1S/C28H32N4O4/c1-5-20(26(28(34)35)32-24-8-9-25(33)21(24)12-16(2)3)23-7-6-19(14-30-23)36-27-22-15-29-11-10-18(22)13-17(4)31-27/h6-7,10-11,13-16,20-21,26H,5,8-9,12H2,1-4H3,(H,34,35). The zero-order chi connectivity index (χ0) is 25.8. The highest BCUT2D eigenvalue weighted by atomic mass is 16.5. The highest BCUT2D eigenvalue weighted by Gasteiger charge is 2.35. The molecule has 1 N–H and O–H groups in total. The summed E-state index contributed by atoms with van der Waals surface area (Å²) in [5.74, 6) is -0.294. The van der Waals surface area contributed by atoms with Crippen molar-refractivity contribution in [1.82, 2.24) is 15.0 Å². The molecule has 3 aromatic heterocycles. The minimum atomic E-state index is -1.01. The molecule has 0 spiro atoms. The third-order valence-electron chi connectivity index (χ3n) is 6.59. The maximum absolute atomic E-state index is 12.4. The first kappa shape index (κ1) is 25.4. The fourth-order valence-corrected chi connectivity index (χ4v) is 4.82. The van der Waals surface area contributed by atoms with Gasteiger partial charge >= 0.3 is 5.97 Å². The Labute approximate surface area is 210 Å². The quantitative estimate of drug-likeness (QED) is 0.420. The van der Waals surface area contributed by atoms with Crippen molar-refractivity contribution in [1.29, 1.82) is 0 Å². The molecule has 1 saturated carbocycles. The van der Waals surface area contributed by atoms with Crippen LogP contribution in [-0.2, 0) is 9.59 Å². The smallest absolute Gasteiger partial charge is 0.329 e. The summed E-state index contributed by atoms with van der Waals surface area (Å²) in [6.07, 6.45) is 7.22. The summed E-state index contributed by atoms with van der Waals surface area (Å²) in [5.41, 5.74) is 2.16. The van der Waals surface area contributed by atoms with Gasteiger partial charge in [0.05, 0.1) is 17.5 Å². The van der Waals surface area contributed by atoms with E-state index < -0.39 is 17.9 Å². The van der Waals surface area contributed by atoms with Gasteiger partial charge in [0.2, 0.25) is 5.88 Å². The van der Waals surface area contributed by atoms with Gasteiger partial charge in [-0.15, -0.1) is 0 Å². The van der Waals surface area contributed by atoms with Gasteiger partial charge in [-0.05, 0) is 61.8 Å². The van der Waals surface area contributed by atoms with Crippen LogP contribution in [0.4, 0.5) is 0 Å². The van der Waals surface area contributed by atoms with E-state index in [2.05, 4.69) is 33.8 Å². The number of carbonyl (C=O) groups is 2. The molecule has 8 heteroatoms. The average Bonchev–Trinajstić information content (AvgIpc) is 3.18. The van der Waals surface area contributed by atoms with E-state index in [1.165, 1.54) is 0 Å². The molecule has 1 aliphatic rings. The Morgan fingerprint density at radius 1 is 1.22 bits per heavy atom. The number of fused-ring (bicyclic) bond motifs is 1. The van der Waals surface area contributed by atoms with Gasteiger partial charge in [-0.3, -0.25) is 19.8 Å². The van der Waals surface area contributed by atoms with E-state index in [-0.39, 0.29) is 11.7 Å². The Bertz CT molecular complexity index is 1290. The molecule has 4 rings (SSSR count). The van der Waals surface area contributed by atoms with Crippen LogP contribution < -0.4 is 4.74 Å². The molecule has 3 atom stereocenters. The molecule has 0 saturated heterocycles. The third-order valence-corrected chi connectivity index (χ3v) is 6.59. The van der Waals surface area contributed by atoms with Gasteiger partial charge in [-0.2, -0.15) is 0 Å². The van der Waals surface area contributed by atoms with Crippen molar-refractivity contribution in [2.75, 3.05) is 0 Å². The Morgan fingerprint density at radius 2 is 2.03 bits per heavy atom. The Kier molecular flexibility index (Phi) is 7.72. The van der Waals surface area contributed by atoms with Crippen molar-refractivity contribution in [3.05, 3.63) is 54.2 Å². The second kappa shape index (κ2) is 10.9. The van der Waals surface area contributed by atoms with Gasteiger partial charge in [-0.25, -0.2) is 9.78 Å². The van der Waals surface area contributed by atoms with Crippen molar-refractivity contribution in [2.45, 2.75) is 65.3 Å². The van der Waals surface area contributed by atoms with Crippen LogP contribution >= 0.6 is 0 Å². The third kappa shape index (κ3) is 5.58. The number of ketones is 1. The summed E-state index contributed by atoms with van der Waals surface area (Å²) in [4.78, 5) is 42.5. The highest BCUT2D eigenvalue weighted by molar-refractivity contribution is 6.11. The predicted molar refractivity (Wildman–Crippen MR) is 138 cm³/mol. The van der Waals surface area contributed by atoms with Crippen LogP contribution in [0.2, 0.25) is 0 Å². The number of aryl methyl sites for hydroxylation is 1. The topological polar surface area (TPSA) is 115 Å². The highest BCUT2D eigenvalue weighted by Crippen LogP contribution is 2.32. The Morgan fingerprint density at radius 3 is 2.69 bits per heavy atom. The van der Waals surface area contributed by atoms with E-state index in [0.29, 0.717) is 54.6 Å². The van der Waals surface area contributed by atoms with E-state index in [1.807, 2.05) is 26.0 Å². The Balaban J connectivity index is 1.59. The minimum absolute atomic E-state index is 0.159. The molecule has 3 unspecified atom stereocenters. The van der Waals surface area contributed by atoms with E-state index in [4.69, 9.17) is 4.74 Å². The lowest BCUT2D eigenvalue weighted by Gasteiger charge is -2.21. The van der Waals surface area contributed by atoms with Gasteiger partial charge in [0.25, 0.3) is 0 Å². The molecule has 3 heterocycles. The molecule has 8 nitrogen and oxygen atoms in total. The van der Waals surface area contributed by atoms with Crippen molar-refractivity contribution in [3.8, 4) is 11.6 Å². The second-order valence-electron chi connectivity index (χ2n) is 9.75. The predicted octanol–water partition coefficient (Wildman–Crippen LogP) is 5.54. The SMILES string of the molecule is CCC(c1ccc(Oc2nc(C)cc3ccncc23)cn1)C(N=C1CCC(=O)C1CC(C)C)C(=O)O. The first-order chi connectivity index (χ1) is 17.3. The van der Waals surface area contributed by atoms with E-state index >= 15 is 0 Å². The summed E-state index contributed by atoms with van der Waals surface area (Å²) in [7, 11) is 0. The van der Waals surface area contributed by atoms with Crippen LogP contribution in [0.3, 0.4) is 0 Å².